The summed E-state index contributed by atoms with van der Waals surface area (Å²) in [6.45, 7) is 10.6. The van der Waals surface area contributed by atoms with Crippen LogP contribution in [-0.4, -0.2) is 24.0 Å². The average Bonchev–Trinajstić information content (AvgIpc) is 2.79. The van der Waals surface area contributed by atoms with Crippen LogP contribution in [0.25, 0.3) is 0 Å². The zero-order valence-electron chi connectivity index (χ0n) is 13.1. The van der Waals surface area contributed by atoms with E-state index in [1.54, 1.807) is 6.26 Å². The second-order valence-corrected chi connectivity index (χ2v) is 6.56. The van der Waals surface area contributed by atoms with E-state index < -0.39 is 0 Å². The van der Waals surface area contributed by atoms with Crippen molar-refractivity contribution in [3.05, 3.63) is 24.2 Å². The predicted octanol–water partition coefficient (Wildman–Crippen LogP) is 3.50. The molecule has 0 saturated carbocycles. The van der Waals surface area contributed by atoms with E-state index >= 15 is 0 Å². The lowest BCUT2D eigenvalue weighted by molar-refractivity contribution is 0.0654. The van der Waals surface area contributed by atoms with Gasteiger partial charge in [-0.15, -0.1) is 0 Å². The van der Waals surface area contributed by atoms with Crippen molar-refractivity contribution in [3.63, 3.8) is 0 Å². The maximum absolute atomic E-state index is 6.16. The van der Waals surface area contributed by atoms with Crippen LogP contribution in [-0.2, 0) is 6.54 Å². The molecule has 2 N–H and O–H groups in total. The Labute approximate surface area is 118 Å². The summed E-state index contributed by atoms with van der Waals surface area (Å²) in [7, 11) is 2.17. The highest BCUT2D eigenvalue weighted by Crippen LogP contribution is 2.30. The van der Waals surface area contributed by atoms with Gasteiger partial charge in [0.1, 0.15) is 5.76 Å². The molecule has 0 saturated heterocycles. The van der Waals surface area contributed by atoms with Gasteiger partial charge in [-0.25, -0.2) is 0 Å². The number of likely N-dealkylation sites (N-methyl/N-ethyl adjacent to an activating group) is 1. The minimum absolute atomic E-state index is 0.0646. The lowest BCUT2D eigenvalue weighted by Crippen LogP contribution is -2.53. The lowest BCUT2D eigenvalue weighted by atomic mass is 9.80. The van der Waals surface area contributed by atoms with Crippen molar-refractivity contribution in [2.24, 2.45) is 17.6 Å². The van der Waals surface area contributed by atoms with E-state index in [4.69, 9.17) is 10.2 Å². The molecule has 1 heterocycles. The zero-order chi connectivity index (χ0) is 14.5. The molecule has 0 fully saturated rings. The Hall–Kier alpha value is -0.800. The van der Waals surface area contributed by atoms with Crippen molar-refractivity contribution in [1.82, 2.24) is 4.90 Å². The fourth-order valence-electron chi connectivity index (χ4n) is 3.04. The van der Waals surface area contributed by atoms with E-state index in [0.717, 1.165) is 25.1 Å². The fraction of sp³-hybridized carbons (Fsp3) is 0.750. The Bertz CT molecular complexity index is 334. The minimum Gasteiger partial charge on any atom is -0.468 e. The molecule has 0 bridgehead atoms. The first-order chi connectivity index (χ1) is 8.89. The minimum atomic E-state index is 0.0646. The molecule has 0 radical (unpaired) electrons. The third kappa shape index (κ3) is 4.66. The number of furan rings is 1. The largest absolute Gasteiger partial charge is 0.468 e. The molecule has 0 unspecified atom stereocenters. The maximum atomic E-state index is 6.16. The van der Waals surface area contributed by atoms with E-state index in [1.807, 2.05) is 12.1 Å². The smallest absolute Gasteiger partial charge is 0.117 e. The lowest BCUT2D eigenvalue weighted by Gasteiger charge is -2.43. The first-order valence-electron chi connectivity index (χ1n) is 7.33. The first-order valence-corrected chi connectivity index (χ1v) is 7.33. The molecule has 0 aliphatic carbocycles. The normalized spacial score (nSPS) is 12.9. The number of hydrogen-bond acceptors (Lipinski definition) is 3. The van der Waals surface area contributed by atoms with Gasteiger partial charge in [0, 0.05) is 12.1 Å². The summed E-state index contributed by atoms with van der Waals surface area (Å²) in [4.78, 5) is 2.38. The van der Waals surface area contributed by atoms with E-state index in [-0.39, 0.29) is 5.54 Å². The molecule has 0 atom stereocenters. The maximum Gasteiger partial charge on any atom is 0.117 e. The molecule has 3 heteroatoms. The number of nitrogens with zero attached hydrogens (tertiary/aromatic N) is 1. The van der Waals surface area contributed by atoms with Crippen LogP contribution in [0.4, 0.5) is 0 Å². The van der Waals surface area contributed by atoms with Crippen LogP contribution in [0, 0.1) is 11.8 Å². The van der Waals surface area contributed by atoms with Gasteiger partial charge in [0.05, 0.1) is 12.8 Å². The molecule has 0 aromatic carbocycles. The quantitative estimate of drug-likeness (QED) is 0.783. The zero-order valence-corrected chi connectivity index (χ0v) is 13.1. The molecule has 1 rings (SSSR count). The molecule has 0 aliphatic heterocycles. The first kappa shape index (κ1) is 16.3. The monoisotopic (exact) mass is 266 g/mol. The molecular formula is C16H30N2O. The topological polar surface area (TPSA) is 42.4 Å². The van der Waals surface area contributed by atoms with Gasteiger partial charge < -0.3 is 10.2 Å². The van der Waals surface area contributed by atoms with Gasteiger partial charge >= 0.3 is 0 Å². The van der Waals surface area contributed by atoms with Crippen LogP contribution in [0.15, 0.2) is 22.8 Å². The summed E-state index contributed by atoms with van der Waals surface area (Å²) in [5.41, 5.74) is 6.23. The van der Waals surface area contributed by atoms with Gasteiger partial charge in [0.15, 0.2) is 0 Å². The summed E-state index contributed by atoms with van der Waals surface area (Å²) >= 11 is 0. The highest BCUT2D eigenvalue weighted by Gasteiger charge is 2.34. The molecule has 3 nitrogen and oxygen atoms in total. The highest BCUT2D eigenvalue weighted by atomic mass is 16.3. The van der Waals surface area contributed by atoms with E-state index in [9.17, 15) is 0 Å². The van der Waals surface area contributed by atoms with Crippen LogP contribution in [0.2, 0.25) is 0 Å². The predicted molar refractivity (Wildman–Crippen MR) is 80.9 cm³/mol. The Balaban J connectivity index is 2.86. The van der Waals surface area contributed by atoms with Crippen molar-refractivity contribution >= 4 is 0 Å². The van der Waals surface area contributed by atoms with Gasteiger partial charge in [-0.3, -0.25) is 4.90 Å². The van der Waals surface area contributed by atoms with Crippen molar-refractivity contribution in [2.45, 2.75) is 52.6 Å². The summed E-state index contributed by atoms with van der Waals surface area (Å²) in [6.07, 6.45) is 3.98. The van der Waals surface area contributed by atoms with Crippen LogP contribution in [0.5, 0.6) is 0 Å². The molecule has 1 aromatic heterocycles. The second-order valence-electron chi connectivity index (χ2n) is 6.56. The van der Waals surface area contributed by atoms with Crippen LogP contribution in [0.1, 0.15) is 46.3 Å². The van der Waals surface area contributed by atoms with Crippen LogP contribution >= 0.6 is 0 Å². The van der Waals surface area contributed by atoms with Gasteiger partial charge in [0.25, 0.3) is 0 Å². The van der Waals surface area contributed by atoms with E-state index in [1.165, 1.54) is 0 Å². The van der Waals surface area contributed by atoms with Crippen molar-refractivity contribution in [3.8, 4) is 0 Å². The van der Waals surface area contributed by atoms with Crippen molar-refractivity contribution in [2.75, 3.05) is 13.6 Å². The van der Waals surface area contributed by atoms with Gasteiger partial charge in [0.2, 0.25) is 0 Å². The standard InChI is InChI=1S/C16H30N2O/c1-13(2)9-16(12-17,10-14(3)4)18(5)11-15-7-6-8-19-15/h6-8,13-14H,9-12,17H2,1-5H3. The Morgan fingerprint density at radius 2 is 1.79 bits per heavy atom. The highest BCUT2D eigenvalue weighted by molar-refractivity contribution is 5.01. The van der Waals surface area contributed by atoms with Crippen LogP contribution in [0.3, 0.4) is 0 Å². The Morgan fingerprint density at radius 3 is 2.16 bits per heavy atom. The van der Waals surface area contributed by atoms with E-state index in [2.05, 4.69) is 39.6 Å². The Morgan fingerprint density at radius 1 is 1.21 bits per heavy atom. The number of nitrogens with two attached hydrogens (primary N) is 1. The molecule has 0 spiro atoms. The third-order valence-corrected chi connectivity index (χ3v) is 3.74. The molecule has 110 valence electrons. The van der Waals surface area contributed by atoms with Crippen LogP contribution < -0.4 is 5.73 Å². The Kier molecular flexibility index (Phi) is 6.08. The van der Waals surface area contributed by atoms with Crippen molar-refractivity contribution in [1.29, 1.82) is 0 Å². The SMILES string of the molecule is CC(C)CC(CN)(CC(C)C)N(C)Cc1ccco1. The summed E-state index contributed by atoms with van der Waals surface area (Å²) in [5.74, 6) is 2.29. The number of rotatable bonds is 8. The molecule has 0 amide bonds. The number of hydrogen-bond donors (Lipinski definition) is 1. The van der Waals surface area contributed by atoms with Crippen molar-refractivity contribution < 1.29 is 4.42 Å². The summed E-state index contributed by atoms with van der Waals surface area (Å²) in [6, 6.07) is 3.97. The van der Waals surface area contributed by atoms with Gasteiger partial charge in [-0.2, -0.15) is 0 Å². The van der Waals surface area contributed by atoms with Gasteiger partial charge in [-0.05, 0) is 43.9 Å². The van der Waals surface area contributed by atoms with Gasteiger partial charge in [-0.1, -0.05) is 27.7 Å². The average molecular weight is 266 g/mol. The summed E-state index contributed by atoms with van der Waals surface area (Å²) in [5, 5.41) is 0. The molecule has 1 aromatic rings. The molecule has 19 heavy (non-hydrogen) atoms. The molecular weight excluding hydrogens is 236 g/mol. The second kappa shape index (κ2) is 7.11. The summed E-state index contributed by atoms with van der Waals surface area (Å²) < 4.78 is 5.47. The third-order valence-electron chi connectivity index (χ3n) is 3.74. The van der Waals surface area contributed by atoms with E-state index in [0.29, 0.717) is 18.4 Å². The fourth-order valence-corrected chi connectivity index (χ4v) is 3.04. The molecule has 0 aliphatic rings.